The average Bonchev–Trinajstić information content (AvgIpc) is 2.46. The van der Waals surface area contributed by atoms with Crippen molar-refractivity contribution in [3.05, 3.63) is 0 Å². The zero-order chi connectivity index (χ0) is 9.14. The molecule has 1 aliphatic rings. The van der Waals surface area contributed by atoms with Gasteiger partial charge in [0.15, 0.2) is 0 Å². The van der Waals surface area contributed by atoms with Crippen LogP contribution in [-0.2, 0) is 0 Å². The van der Waals surface area contributed by atoms with Crippen LogP contribution in [0.3, 0.4) is 0 Å². The van der Waals surface area contributed by atoms with Crippen LogP contribution in [0.25, 0.3) is 0 Å². The lowest BCUT2D eigenvalue weighted by atomic mass is 10.3. The normalized spacial score (nSPS) is 22.1. The van der Waals surface area contributed by atoms with Crippen LogP contribution in [0.4, 0.5) is 0 Å². The van der Waals surface area contributed by atoms with E-state index < -0.39 is 0 Å². The minimum Gasteiger partial charge on any atom is -0.325 e. The van der Waals surface area contributed by atoms with Crippen molar-refractivity contribution in [3.8, 4) is 6.07 Å². The lowest BCUT2D eigenvalue weighted by Gasteiger charge is -2.26. The summed E-state index contributed by atoms with van der Waals surface area (Å²) in [5, 5.41) is 14.8. The molecular formula is C8H14N4. The Morgan fingerprint density at radius 1 is 1.67 bits per heavy atom. The van der Waals surface area contributed by atoms with E-state index in [0.717, 1.165) is 6.54 Å². The number of rotatable bonds is 2. The van der Waals surface area contributed by atoms with Gasteiger partial charge in [-0.1, -0.05) is 0 Å². The highest BCUT2D eigenvalue weighted by molar-refractivity contribution is 5.58. The minimum absolute atomic E-state index is 0.213. The summed E-state index contributed by atoms with van der Waals surface area (Å²) in [6, 6.07) is 2.55. The molecule has 66 valence electrons. The van der Waals surface area contributed by atoms with E-state index in [1.165, 1.54) is 0 Å². The van der Waals surface area contributed by atoms with Gasteiger partial charge in [-0.15, -0.1) is 0 Å². The predicted octanol–water partition coefficient (Wildman–Crippen LogP) is 0.825. The van der Waals surface area contributed by atoms with E-state index in [1.54, 1.807) is 11.3 Å². The molecular weight excluding hydrogens is 152 g/mol. The molecule has 1 aliphatic heterocycles. The largest absolute Gasteiger partial charge is 0.325 e. The summed E-state index contributed by atoms with van der Waals surface area (Å²) in [5.41, 5.74) is 0. The van der Waals surface area contributed by atoms with Gasteiger partial charge in [0.1, 0.15) is 12.4 Å². The number of nitrogens with zero attached hydrogens (tertiary/aromatic N) is 4. The van der Waals surface area contributed by atoms with Gasteiger partial charge in [0, 0.05) is 12.6 Å². The molecule has 0 bridgehead atoms. The predicted molar refractivity (Wildman–Crippen MR) is 47.2 cm³/mol. The smallest absolute Gasteiger partial charge is 0.207 e. The molecule has 0 aliphatic carbocycles. The van der Waals surface area contributed by atoms with Gasteiger partial charge in [-0.2, -0.15) is 10.4 Å². The maximum Gasteiger partial charge on any atom is 0.207 e. The van der Waals surface area contributed by atoms with Gasteiger partial charge in [-0.25, -0.2) is 0 Å². The Kier molecular flexibility index (Phi) is 2.54. The minimum atomic E-state index is -0.213. The molecule has 0 saturated heterocycles. The van der Waals surface area contributed by atoms with Crippen molar-refractivity contribution in [2.24, 2.45) is 5.10 Å². The number of hydrogen-bond donors (Lipinski definition) is 0. The van der Waals surface area contributed by atoms with Gasteiger partial charge in [0.25, 0.3) is 0 Å². The molecule has 1 rings (SSSR count). The van der Waals surface area contributed by atoms with E-state index in [4.69, 9.17) is 5.26 Å². The SMILES string of the molecule is CCN1N=CN(C(C)C)C1C#N. The zero-order valence-electron chi connectivity index (χ0n) is 7.73. The van der Waals surface area contributed by atoms with Crippen LogP contribution >= 0.6 is 0 Å². The second-order valence-electron chi connectivity index (χ2n) is 3.03. The maximum atomic E-state index is 8.87. The number of nitriles is 1. The maximum absolute atomic E-state index is 8.87. The summed E-state index contributed by atoms with van der Waals surface area (Å²) >= 11 is 0. The molecule has 4 nitrogen and oxygen atoms in total. The third-order valence-corrected chi connectivity index (χ3v) is 1.93. The fourth-order valence-electron chi connectivity index (χ4n) is 1.21. The first-order valence-corrected chi connectivity index (χ1v) is 4.18. The highest BCUT2D eigenvalue weighted by atomic mass is 15.6. The van der Waals surface area contributed by atoms with Crippen LogP contribution in [-0.4, -0.2) is 35.0 Å². The number of hydrazone groups is 1. The van der Waals surface area contributed by atoms with Gasteiger partial charge in [0.05, 0.1) is 0 Å². The molecule has 0 fully saturated rings. The monoisotopic (exact) mass is 166 g/mol. The molecule has 0 spiro atoms. The third kappa shape index (κ3) is 1.35. The van der Waals surface area contributed by atoms with E-state index in [9.17, 15) is 0 Å². The summed E-state index contributed by atoms with van der Waals surface area (Å²) in [7, 11) is 0. The highest BCUT2D eigenvalue weighted by Gasteiger charge is 2.27. The molecule has 4 heteroatoms. The first-order valence-electron chi connectivity index (χ1n) is 4.18. The van der Waals surface area contributed by atoms with Gasteiger partial charge < -0.3 is 4.90 Å². The molecule has 0 amide bonds. The van der Waals surface area contributed by atoms with Crippen LogP contribution < -0.4 is 0 Å². The van der Waals surface area contributed by atoms with Crippen molar-refractivity contribution < 1.29 is 0 Å². The fraction of sp³-hybridized carbons (Fsp3) is 0.750. The standard InChI is InChI=1S/C8H14N4/c1-4-12-8(5-9)11(6-10-12)7(2)3/h6-8H,4H2,1-3H3. The van der Waals surface area contributed by atoms with Crippen molar-refractivity contribution in [2.75, 3.05) is 6.54 Å². The van der Waals surface area contributed by atoms with Crippen molar-refractivity contribution in [1.82, 2.24) is 9.91 Å². The van der Waals surface area contributed by atoms with E-state index in [0.29, 0.717) is 6.04 Å². The Bertz CT molecular complexity index is 216. The van der Waals surface area contributed by atoms with E-state index in [-0.39, 0.29) is 6.17 Å². The van der Waals surface area contributed by atoms with Gasteiger partial charge in [0.2, 0.25) is 6.17 Å². The lowest BCUT2D eigenvalue weighted by molar-refractivity contribution is 0.164. The van der Waals surface area contributed by atoms with Crippen molar-refractivity contribution in [1.29, 1.82) is 5.26 Å². The van der Waals surface area contributed by atoms with Crippen LogP contribution in [0, 0.1) is 11.3 Å². The molecule has 1 unspecified atom stereocenters. The highest BCUT2D eigenvalue weighted by Crippen LogP contribution is 2.13. The van der Waals surface area contributed by atoms with Crippen LogP contribution in [0.2, 0.25) is 0 Å². The fourth-order valence-corrected chi connectivity index (χ4v) is 1.21. The van der Waals surface area contributed by atoms with E-state index >= 15 is 0 Å². The summed E-state index contributed by atoms with van der Waals surface area (Å²) in [4.78, 5) is 1.95. The molecule has 1 atom stereocenters. The zero-order valence-corrected chi connectivity index (χ0v) is 7.73. The lowest BCUT2D eigenvalue weighted by Crippen LogP contribution is -2.42. The van der Waals surface area contributed by atoms with Crippen LogP contribution in [0.15, 0.2) is 5.10 Å². The summed E-state index contributed by atoms with van der Waals surface area (Å²) in [6.45, 7) is 6.87. The Balaban J connectivity index is 2.70. The molecule has 0 saturated carbocycles. The van der Waals surface area contributed by atoms with Crippen LogP contribution in [0.5, 0.6) is 0 Å². The Hall–Kier alpha value is -1.24. The molecule has 0 aromatic heterocycles. The van der Waals surface area contributed by atoms with Crippen molar-refractivity contribution in [3.63, 3.8) is 0 Å². The first kappa shape index (κ1) is 8.85. The van der Waals surface area contributed by atoms with Gasteiger partial charge in [-0.05, 0) is 20.8 Å². The Morgan fingerprint density at radius 3 is 2.75 bits per heavy atom. The molecule has 0 aromatic rings. The second kappa shape index (κ2) is 3.44. The van der Waals surface area contributed by atoms with E-state index in [2.05, 4.69) is 25.0 Å². The third-order valence-electron chi connectivity index (χ3n) is 1.93. The van der Waals surface area contributed by atoms with Gasteiger partial charge >= 0.3 is 0 Å². The molecule has 0 radical (unpaired) electrons. The summed E-state index contributed by atoms with van der Waals surface area (Å²) in [5.74, 6) is 0. The van der Waals surface area contributed by atoms with Gasteiger partial charge in [-0.3, -0.25) is 5.01 Å². The topological polar surface area (TPSA) is 42.6 Å². The molecule has 1 heterocycles. The van der Waals surface area contributed by atoms with Crippen molar-refractivity contribution >= 4 is 6.34 Å². The molecule has 12 heavy (non-hydrogen) atoms. The van der Waals surface area contributed by atoms with Crippen LogP contribution in [0.1, 0.15) is 20.8 Å². The Morgan fingerprint density at radius 2 is 2.33 bits per heavy atom. The summed E-state index contributed by atoms with van der Waals surface area (Å²) in [6.07, 6.45) is 1.53. The average molecular weight is 166 g/mol. The van der Waals surface area contributed by atoms with E-state index in [1.807, 2.05) is 11.8 Å². The number of hydrogen-bond acceptors (Lipinski definition) is 4. The quantitative estimate of drug-likeness (QED) is 0.610. The second-order valence-corrected chi connectivity index (χ2v) is 3.03. The Labute approximate surface area is 73.1 Å². The first-order chi connectivity index (χ1) is 5.70. The summed E-state index contributed by atoms with van der Waals surface area (Å²) < 4.78 is 0. The van der Waals surface area contributed by atoms with Crippen molar-refractivity contribution in [2.45, 2.75) is 33.0 Å². The molecule has 0 N–H and O–H groups in total. The molecule has 0 aromatic carbocycles.